The van der Waals surface area contributed by atoms with Gasteiger partial charge in [0.05, 0.1) is 10.5 Å². The summed E-state index contributed by atoms with van der Waals surface area (Å²) in [5.41, 5.74) is 1.65. The van der Waals surface area contributed by atoms with Crippen molar-refractivity contribution in [2.75, 3.05) is 0 Å². The van der Waals surface area contributed by atoms with Crippen LogP contribution in [-0.2, 0) is 0 Å². The molecule has 0 radical (unpaired) electrons. The third kappa shape index (κ3) is 1.54. The van der Waals surface area contributed by atoms with Gasteiger partial charge in [0.1, 0.15) is 5.52 Å². The van der Waals surface area contributed by atoms with Crippen molar-refractivity contribution in [3.63, 3.8) is 0 Å². The minimum Gasteiger partial charge on any atom is -0.446 e. The summed E-state index contributed by atoms with van der Waals surface area (Å²) < 4.78 is 6.09. The Labute approximate surface area is 105 Å². The van der Waals surface area contributed by atoms with E-state index in [0.717, 1.165) is 11.0 Å². The largest absolute Gasteiger partial charge is 0.446 e. The molecule has 0 amide bonds. The molecule has 80 valence electrons. The Morgan fingerprint density at radius 3 is 2.81 bits per heavy atom. The molecule has 0 saturated heterocycles. The number of para-hydroxylation sites is 1. The van der Waals surface area contributed by atoms with Gasteiger partial charge in [0.2, 0.25) is 0 Å². The Balaban J connectivity index is 2.22. The number of H-pyrrole nitrogens is 1. The number of halogens is 2. The maximum Gasteiger partial charge on any atom is 0.174 e. The summed E-state index contributed by atoms with van der Waals surface area (Å²) in [5.74, 6) is 1.35. The monoisotopic (exact) mass is 296 g/mol. The molecule has 1 N–H and O–H groups in total. The lowest BCUT2D eigenvalue weighted by Crippen LogP contribution is -1.74. The molecule has 2 heterocycles. The second-order valence-electron chi connectivity index (χ2n) is 3.33. The molecule has 0 spiro atoms. The van der Waals surface area contributed by atoms with Crippen molar-refractivity contribution in [3.05, 3.63) is 40.0 Å². The van der Waals surface area contributed by atoms with Gasteiger partial charge in [0.15, 0.2) is 16.3 Å². The van der Waals surface area contributed by atoms with Gasteiger partial charge >= 0.3 is 0 Å². The number of aromatic amines is 1. The molecular formula is C11H6BrClN2O. The zero-order valence-corrected chi connectivity index (χ0v) is 10.3. The van der Waals surface area contributed by atoms with E-state index in [-0.39, 0.29) is 0 Å². The maximum absolute atomic E-state index is 6.04. The fourth-order valence-corrected chi connectivity index (χ4v) is 2.08. The quantitative estimate of drug-likeness (QED) is 0.730. The lowest BCUT2D eigenvalue weighted by Gasteiger charge is -1.88. The molecule has 3 nitrogen and oxygen atoms in total. The fraction of sp³-hybridized carbons (Fsp3) is 0. The normalized spacial score (nSPS) is 11.1. The Hall–Kier alpha value is -1.26. The molecule has 16 heavy (non-hydrogen) atoms. The van der Waals surface area contributed by atoms with Crippen LogP contribution >= 0.6 is 27.5 Å². The van der Waals surface area contributed by atoms with Crippen molar-refractivity contribution < 1.29 is 4.42 Å². The average Bonchev–Trinajstić information content (AvgIpc) is 2.84. The highest BCUT2D eigenvalue weighted by Crippen LogP contribution is 2.27. The highest BCUT2D eigenvalue weighted by Gasteiger charge is 2.10. The number of nitrogens with zero attached hydrogens (tertiary/aromatic N) is 1. The van der Waals surface area contributed by atoms with Gasteiger partial charge in [-0.25, -0.2) is 4.98 Å². The number of fused-ring (bicyclic) bond motifs is 1. The molecule has 0 aliphatic heterocycles. The van der Waals surface area contributed by atoms with Gasteiger partial charge in [0.25, 0.3) is 0 Å². The molecule has 0 aliphatic carbocycles. The summed E-state index contributed by atoms with van der Waals surface area (Å²) in [6.45, 7) is 0. The van der Waals surface area contributed by atoms with Crippen LogP contribution in [0, 0.1) is 0 Å². The minimum atomic E-state index is 0.630. The maximum atomic E-state index is 6.04. The number of nitrogens with one attached hydrogen (secondary N) is 1. The summed E-state index contributed by atoms with van der Waals surface area (Å²) in [5, 5.41) is 0.630. The van der Waals surface area contributed by atoms with Crippen molar-refractivity contribution >= 4 is 38.6 Å². The van der Waals surface area contributed by atoms with Crippen LogP contribution in [0.25, 0.3) is 22.6 Å². The first kappa shape index (κ1) is 9.93. The van der Waals surface area contributed by atoms with E-state index in [9.17, 15) is 0 Å². The average molecular weight is 298 g/mol. The summed E-state index contributed by atoms with van der Waals surface area (Å²) in [6.07, 6.45) is 0. The number of imidazole rings is 1. The molecule has 3 rings (SSSR count). The number of hydrogen-bond acceptors (Lipinski definition) is 2. The van der Waals surface area contributed by atoms with Crippen LogP contribution in [-0.4, -0.2) is 9.97 Å². The summed E-state index contributed by atoms with van der Waals surface area (Å²) in [4.78, 5) is 7.55. The summed E-state index contributed by atoms with van der Waals surface area (Å²) in [6, 6.07) is 9.28. The number of aromatic nitrogens is 2. The molecule has 0 atom stereocenters. The molecule has 2 aromatic heterocycles. The Morgan fingerprint density at radius 1 is 1.25 bits per heavy atom. The van der Waals surface area contributed by atoms with E-state index in [1.165, 1.54) is 0 Å². The van der Waals surface area contributed by atoms with Gasteiger partial charge in [-0.3, -0.25) is 0 Å². The lowest BCUT2D eigenvalue weighted by molar-refractivity contribution is 0.552. The van der Waals surface area contributed by atoms with Crippen LogP contribution in [0.15, 0.2) is 39.4 Å². The highest BCUT2D eigenvalue weighted by molar-refractivity contribution is 9.10. The smallest absolute Gasteiger partial charge is 0.174 e. The molecule has 0 fully saturated rings. The van der Waals surface area contributed by atoms with Crippen LogP contribution in [0.3, 0.4) is 0 Å². The van der Waals surface area contributed by atoms with Crippen molar-refractivity contribution in [3.8, 4) is 11.6 Å². The second kappa shape index (κ2) is 3.64. The van der Waals surface area contributed by atoms with Gasteiger partial charge in [-0.15, -0.1) is 0 Å². The number of benzene rings is 1. The van der Waals surface area contributed by atoms with Gasteiger partial charge in [-0.1, -0.05) is 17.7 Å². The molecule has 0 bridgehead atoms. The van der Waals surface area contributed by atoms with Crippen LogP contribution in [0.4, 0.5) is 0 Å². The second-order valence-corrected chi connectivity index (χ2v) is 4.51. The molecule has 0 saturated carbocycles. The first-order valence-corrected chi connectivity index (χ1v) is 5.81. The predicted molar refractivity (Wildman–Crippen MR) is 66.5 cm³/mol. The van der Waals surface area contributed by atoms with E-state index in [1.54, 1.807) is 0 Å². The van der Waals surface area contributed by atoms with Gasteiger partial charge in [-0.05, 0) is 40.2 Å². The third-order valence-corrected chi connectivity index (χ3v) is 3.00. The van der Waals surface area contributed by atoms with Crippen LogP contribution < -0.4 is 0 Å². The molecular weight excluding hydrogens is 291 g/mol. The van der Waals surface area contributed by atoms with Gasteiger partial charge < -0.3 is 9.40 Å². The van der Waals surface area contributed by atoms with E-state index in [0.29, 0.717) is 21.3 Å². The number of hydrogen-bond donors (Lipinski definition) is 1. The molecule has 3 aromatic rings. The van der Waals surface area contributed by atoms with Crippen molar-refractivity contribution in [2.24, 2.45) is 0 Å². The summed E-state index contributed by atoms with van der Waals surface area (Å²) >= 11 is 9.29. The van der Waals surface area contributed by atoms with E-state index in [1.807, 2.05) is 30.3 Å². The minimum absolute atomic E-state index is 0.630. The molecule has 5 heteroatoms. The van der Waals surface area contributed by atoms with Gasteiger partial charge in [-0.2, -0.15) is 0 Å². The van der Waals surface area contributed by atoms with Crippen molar-refractivity contribution in [2.45, 2.75) is 0 Å². The van der Waals surface area contributed by atoms with E-state index >= 15 is 0 Å². The molecule has 1 aromatic carbocycles. The standard InChI is InChI=1S/C11H6BrClN2O/c12-9-5-4-8(16-9)11-14-7-3-1-2-6(13)10(7)15-11/h1-5H,(H,14,15). The summed E-state index contributed by atoms with van der Waals surface area (Å²) in [7, 11) is 0. The first-order valence-electron chi connectivity index (χ1n) is 4.64. The molecule has 0 aliphatic rings. The van der Waals surface area contributed by atoms with Crippen molar-refractivity contribution in [1.29, 1.82) is 0 Å². The fourth-order valence-electron chi connectivity index (χ4n) is 1.56. The molecule has 0 unspecified atom stereocenters. The van der Waals surface area contributed by atoms with E-state index in [4.69, 9.17) is 16.0 Å². The zero-order valence-electron chi connectivity index (χ0n) is 8.00. The highest BCUT2D eigenvalue weighted by atomic mass is 79.9. The van der Waals surface area contributed by atoms with E-state index in [2.05, 4.69) is 25.9 Å². The topological polar surface area (TPSA) is 41.8 Å². The predicted octanol–water partition coefficient (Wildman–Crippen LogP) is 4.24. The van der Waals surface area contributed by atoms with Crippen molar-refractivity contribution in [1.82, 2.24) is 9.97 Å². The number of furan rings is 1. The lowest BCUT2D eigenvalue weighted by atomic mass is 10.3. The third-order valence-electron chi connectivity index (χ3n) is 2.27. The van der Waals surface area contributed by atoms with Gasteiger partial charge in [0, 0.05) is 0 Å². The number of rotatable bonds is 1. The zero-order chi connectivity index (χ0) is 11.1. The van der Waals surface area contributed by atoms with Crippen LogP contribution in [0.1, 0.15) is 0 Å². The Morgan fingerprint density at radius 2 is 2.12 bits per heavy atom. The van der Waals surface area contributed by atoms with E-state index < -0.39 is 0 Å². The SMILES string of the molecule is Clc1cccc2[nH]c(-c3ccc(Br)o3)nc12. The van der Waals surface area contributed by atoms with Crippen LogP contribution in [0.2, 0.25) is 5.02 Å². The Bertz CT molecular complexity index is 659. The van der Waals surface area contributed by atoms with Crippen LogP contribution in [0.5, 0.6) is 0 Å². The Kier molecular flexibility index (Phi) is 2.26. The first-order chi connectivity index (χ1) is 7.74.